The summed E-state index contributed by atoms with van der Waals surface area (Å²) in [7, 11) is 2.23. The molecule has 7 nitrogen and oxygen atoms in total. The second-order valence-corrected chi connectivity index (χ2v) is 7.19. The minimum absolute atomic E-state index is 0.495. The van der Waals surface area contributed by atoms with Gasteiger partial charge in [0.15, 0.2) is 5.96 Å². The molecule has 1 saturated carbocycles. The fourth-order valence-corrected chi connectivity index (χ4v) is 3.28. The van der Waals surface area contributed by atoms with E-state index in [4.69, 9.17) is 9.52 Å². The van der Waals surface area contributed by atoms with E-state index in [0.29, 0.717) is 6.04 Å². The highest BCUT2D eigenvalue weighted by atomic mass is 16.5. The molecule has 2 fully saturated rings. The minimum atomic E-state index is 0.495. The van der Waals surface area contributed by atoms with Crippen LogP contribution in [0.2, 0.25) is 0 Å². The van der Waals surface area contributed by atoms with Gasteiger partial charge >= 0.3 is 0 Å². The third-order valence-electron chi connectivity index (χ3n) is 5.21. The zero-order valence-corrected chi connectivity index (χ0v) is 15.8. The second-order valence-electron chi connectivity index (χ2n) is 7.19. The highest BCUT2D eigenvalue weighted by Gasteiger charge is 2.29. The molecule has 1 aromatic rings. The van der Waals surface area contributed by atoms with Crippen LogP contribution in [-0.2, 0) is 6.54 Å². The summed E-state index contributed by atoms with van der Waals surface area (Å²) in [6.45, 7) is 11.1. The number of aliphatic imine (C=N–C) groups is 1. The van der Waals surface area contributed by atoms with Gasteiger partial charge in [0.05, 0.1) is 12.2 Å². The average molecular weight is 348 g/mol. The van der Waals surface area contributed by atoms with Crippen molar-refractivity contribution in [2.45, 2.75) is 45.3 Å². The predicted molar refractivity (Wildman–Crippen MR) is 99.6 cm³/mol. The number of nitrogens with zero attached hydrogens (tertiary/aromatic N) is 5. The topological polar surface area (TPSA) is 60.1 Å². The van der Waals surface area contributed by atoms with Crippen LogP contribution in [0.3, 0.4) is 0 Å². The van der Waals surface area contributed by atoms with Crippen molar-refractivity contribution in [3.63, 3.8) is 0 Å². The van der Waals surface area contributed by atoms with Crippen molar-refractivity contribution in [2.24, 2.45) is 4.99 Å². The summed E-state index contributed by atoms with van der Waals surface area (Å²) in [6.07, 6.45) is 4.33. The lowest BCUT2D eigenvalue weighted by molar-refractivity contribution is 0.168. The minimum Gasteiger partial charge on any atom is -0.364 e. The average Bonchev–Trinajstić information content (AvgIpc) is 3.36. The summed E-state index contributed by atoms with van der Waals surface area (Å²) in [5, 5.41) is 7.47. The molecule has 0 radical (unpaired) electrons. The molecule has 0 amide bonds. The molecular formula is C18H32N6O. The van der Waals surface area contributed by atoms with Crippen LogP contribution in [0.5, 0.6) is 0 Å². The van der Waals surface area contributed by atoms with Gasteiger partial charge in [-0.2, -0.15) is 0 Å². The maximum absolute atomic E-state index is 4.92. The van der Waals surface area contributed by atoms with E-state index in [0.717, 1.165) is 63.5 Å². The van der Waals surface area contributed by atoms with E-state index in [-0.39, 0.29) is 0 Å². The molecule has 2 aliphatic rings. The highest BCUT2D eigenvalue weighted by Crippen LogP contribution is 2.26. The molecule has 25 heavy (non-hydrogen) atoms. The first-order valence-corrected chi connectivity index (χ1v) is 9.54. The molecule has 0 aromatic carbocycles. The first-order chi connectivity index (χ1) is 12.2. The Morgan fingerprint density at radius 2 is 2.16 bits per heavy atom. The van der Waals surface area contributed by atoms with Crippen LogP contribution in [0.15, 0.2) is 21.8 Å². The summed E-state index contributed by atoms with van der Waals surface area (Å²) in [5.74, 6) is 1.06. The van der Waals surface area contributed by atoms with Gasteiger partial charge in [-0.1, -0.05) is 5.16 Å². The molecule has 1 aromatic heterocycles. The first kappa shape index (κ1) is 18.2. The number of hydrogen-bond donors (Lipinski definition) is 1. The van der Waals surface area contributed by atoms with E-state index in [1.807, 2.05) is 6.07 Å². The Morgan fingerprint density at radius 1 is 1.40 bits per heavy atom. The Kier molecular flexibility index (Phi) is 6.31. The van der Waals surface area contributed by atoms with Crippen molar-refractivity contribution in [1.29, 1.82) is 0 Å². The Morgan fingerprint density at radius 3 is 2.76 bits per heavy atom. The predicted octanol–water partition coefficient (Wildman–Crippen LogP) is 1.24. The number of aromatic nitrogens is 1. The number of guanidine groups is 1. The molecular weight excluding hydrogens is 316 g/mol. The SMILES string of the molecule is CCNC(=NCC(C)N(C)C1CC1)N1CCN(Cc2ccon2)CC1. The molecule has 1 aliphatic carbocycles. The van der Waals surface area contributed by atoms with Crippen LogP contribution in [0, 0.1) is 0 Å². The van der Waals surface area contributed by atoms with E-state index in [1.165, 1.54) is 12.8 Å². The van der Waals surface area contributed by atoms with Gasteiger partial charge in [-0.15, -0.1) is 0 Å². The van der Waals surface area contributed by atoms with Gasteiger partial charge in [-0.25, -0.2) is 0 Å². The zero-order chi connectivity index (χ0) is 17.6. The number of likely N-dealkylation sites (N-methyl/N-ethyl adjacent to an activating group) is 1. The van der Waals surface area contributed by atoms with Gasteiger partial charge in [0.1, 0.15) is 6.26 Å². The standard InChI is InChI=1S/C18H32N6O/c1-4-19-18(20-13-15(2)22(3)17-5-6-17)24-10-8-23(9-11-24)14-16-7-12-25-21-16/h7,12,15,17H,4-6,8-11,13-14H2,1-3H3,(H,19,20). The smallest absolute Gasteiger partial charge is 0.194 e. The fraction of sp³-hybridized carbons (Fsp3) is 0.778. The lowest BCUT2D eigenvalue weighted by Crippen LogP contribution is -2.52. The molecule has 1 unspecified atom stereocenters. The highest BCUT2D eigenvalue weighted by molar-refractivity contribution is 5.80. The van der Waals surface area contributed by atoms with Crippen molar-refractivity contribution >= 4 is 5.96 Å². The van der Waals surface area contributed by atoms with Gasteiger partial charge < -0.3 is 14.7 Å². The monoisotopic (exact) mass is 348 g/mol. The van der Waals surface area contributed by atoms with Crippen molar-refractivity contribution in [2.75, 3.05) is 46.3 Å². The zero-order valence-electron chi connectivity index (χ0n) is 15.8. The Hall–Kier alpha value is -1.60. The molecule has 1 saturated heterocycles. The Balaban J connectivity index is 1.49. The van der Waals surface area contributed by atoms with E-state index in [1.54, 1.807) is 6.26 Å². The molecule has 7 heteroatoms. The third-order valence-corrected chi connectivity index (χ3v) is 5.21. The van der Waals surface area contributed by atoms with Crippen molar-refractivity contribution in [1.82, 2.24) is 25.2 Å². The van der Waals surface area contributed by atoms with Gasteiger partial charge in [-0.05, 0) is 33.7 Å². The Labute approximate surface area is 151 Å². The van der Waals surface area contributed by atoms with Crippen LogP contribution in [0.25, 0.3) is 0 Å². The molecule has 1 aliphatic heterocycles. The van der Waals surface area contributed by atoms with Gasteiger partial charge in [0, 0.05) is 57.4 Å². The van der Waals surface area contributed by atoms with Crippen molar-refractivity contribution < 1.29 is 4.52 Å². The molecule has 140 valence electrons. The first-order valence-electron chi connectivity index (χ1n) is 9.54. The van der Waals surface area contributed by atoms with E-state index in [2.05, 4.69) is 46.1 Å². The second kappa shape index (κ2) is 8.67. The number of piperazine rings is 1. The largest absolute Gasteiger partial charge is 0.364 e. The van der Waals surface area contributed by atoms with Crippen LogP contribution in [0.4, 0.5) is 0 Å². The van der Waals surface area contributed by atoms with Crippen molar-refractivity contribution in [3.8, 4) is 0 Å². The maximum Gasteiger partial charge on any atom is 0.194 e. The lowest BCUT2D eigenvalue weighted by atomic mass is 10.3. The molecule has 2 heterocycles. The van der Waals surface area contributed by atoms with E-state index in [9.17, 15) is 0 Å². The number of hydrogen-bond acceptors (Lipinski definition) is 5. The Bertz CT molecular complexity index is 534. The summed E-state index contributed by atoms with van der Waals surface area (Å²) in [6, 6.07) is 3.22. The molecule has 1 atom stereocenters. The number of nitrogens with one attached hydrogen (secondary N) is 1. The van der Waals surface area contributed by atoms with Gasteiger partial charge in [0.2, 0.25) is 0 Å². The van der Waals surface area contributed by atoms with Gasteiger partial charge in [-0.3, -0.25) is 14.8 Å². The summed E-state index contributed by atoms with van der Waals surface area (Å²) in [4.78, 5) is 12.2. The fourth-order valence-electron chi connectivity index (χ4n) is 3.28. The quantitative estimate of drug-likeness (QED) is 0.591. The third kappa shape index (κ3) is 5.19. The molecule has 0 spiro atoms. The van der Waals surface area contributed by atoms with E-state index < -0.39 is 0 Å². The lowest BCUT2D eigenvalue weighted by Gasteiger charge is -2.36. The van der Waals surface area contributed by atoms with Gasteiger partial charge in [0.25, 0.3) is 0 Å². The maximum atomic E-state index is 4.92. The van der Waals surface area contributed by atoms with E-state index >= 15 is 0 Å². The molecule has 0 bridgehead atoms. The van der Waals surface area contributed by atoms with Crippen molar-refractivity contribution in [3.05, 3.63) is 18.0 Å². The normalized spacial score (nSPS) is 21.0. The molecule has 3 rings (SSSR count). The van der Waals surface area contributed by atoms with Crippen LogP contribution < -0.4 is 5.32 Å². The van der Waals surface area contributed by atoms with Crippen LogP contribution >= 0.6 is 0 Å². The molecule has 1 N–H and O–H groups in total. The van der Waals surface area contributed by atoms with Crippen LogP contribution in [0.1, 0.15) is 32.4 Å². The summed E-state index contributed by atoms with van der Waals surface area (Å²) < 4.78 is 4.92. The van der Waals surface area contributed by atoms with Crippen LogP contribution in [-0.4, -0.2) is 84.2 Å². The number of rotatable bonds is 7. The summed E-state index contributed by atoms with van der Waals surface area (Å²) in [5.41, 5.74) is 1.01. The summed E-state index contributed by atoms with van der Waals surface area (Å²) >= 11 is 0.